The van der Waals surface area contributed by atoms with Gasteiger partial charge in [-0.15, -0.1) is 11.8 Å². The van der Waals surface area contributed by atoms with E-state index in [1.807, 2.05) is 0 Å². The van der Waals surface area contributed by atoms with Gasteiger partial charge in [0.1, 0.15) is 0 Å². The lowest BCUT2D eigenvalue weighted by atomic mass is 10.3. The minimum absolute atomic E-state index is 0.0236. The molecule has 0 saturated heterocycles. The number of nitrogens with one attached hydrogen (secondary N) is 1. The van der Waals surface area contributed by atoms with Crippen LogP contribution >= 0.6 is 11.8 Å². The Bertz CT molecular complexity index is 610. The second-order valence-corrected chi connectivity index (χ2v) is 7.93. The fourth-order valence-electron chi connectivity index (χ4n) is 2.19. The summed E-state index contributed by atoms with van der Waals surface area (Å²) in [6, 6.07) is 4.21. The zero-order valence-corrected chi connectivity index (χ0v) is 12.7. The summed E-state index contributed by atoms with van der Waals surface area (Å²) in [6.45, 7) is 0. The molecule has 1 aromatic rings. The molecule has 20 heavy (non-hydrogen) atoms. The van der Waals surface area contributed by atoms with E-state index in [4.69, 9.17) is 0 Å². The molecule has 0 spiro atoms. The molecule has 1 N–H and O–H groups in total. The minimum Gasteiger partial charge on any atom is -0.283 e. The van der Waals surface area contributed by atoms with Crippen LogP contribution in [0.1, 0.15) is 25.7 Å². The number of nitro benzene ring substituents is 1. The Morgan fingerprint density at radius 1 is 1.35 bits per heavy atom. The molecule has 1 aliphatic carbocycles. The normalized spacial score (nSPS) is 16.2. The van der Waals surface area contributed by atoms with Gasteiger partial charge in [0, 0.05) is 22.3 Å². The molecule has 1 saturated carbocycles. The van der Waals surface area contributed by atoms with E-state index in [2.05, 4.69) is 4.72 Å². The summed E-state index contributed by atoms with van der Waals surface area (Å²) >= 11 is 1.52. The van der Waals surface area contributed by atoms with Crippen molar-refractivity contribution in [2.75, 3.05) is 11.0 Å². The largest absolute Gasteiger partial charge is 0.283 e. The zero-order chi connectivity index (χ0) is 14.8. The van der Waals surface area contributed by atoms with Crippen molar-refractivity contribution in [3.05, 3.63) is 28.3 Å². The monoisotopic (exact) mass is 316 g/mol. The molecule has 1 aliphatic rings. The topological polar surface area (TPSA) is 89.3 Å². The minimum atomic E-state index is -3.40. The first-order valence-corrected chi connectivity index (χ1v) is 9.05. The van der Waals surface area contributed by atoms with E-state index in [1.54, 1.807) is 0 Å². The molecule has 0 atom stereocenters. The number of thioether (sulfide) groups is 1. The predicted octanol–water partition coefficient (Wildman–Crippen LogP) is 3.00. The summed E-state index contributed by atoms with van der Waals surface area (Å²) in [5, 5.41) is 11.2. The molecule has 0 aliphatic heterocycles. The number of hydrogen-bond donors (Lipinski definition) is 1. The molecule has 0 unspecified atom stereocenters. The van der Waals surface area contributed by atoms with Crippen LogP contribution in [0.2, 0.25) is 0 Å². The van der Waals surface area contributed by atoms with Crippen LogP contribution in [0.25, 0.3) is 0 Å². The maximum absolute atomic E-state index is 11.4. The number of hydrogen-bond acceptors (Lipinski definition) is 5. The third kappa shape index (κ3) is 4.11. The molecule has 0 aromatic heterocycles. The molecule has 6 nitrogen and oxygen atoms in total. The number of non-ortho nitro benzene ring substituents is 1. The predicted molar refractivity (Wildman–Crippen MR) is 79.7 cm³/mol. The highest BCUT2D eigenvalue weighted by Crippen LogP contribution is 2.39. The summed E-state index contributed by atoms with van der Waals surface area (Å²) < 4.78 is 25.1. The summed E-state index contributed by atoms with van der Waals surface area (Å²) in [5.41, 5.74) is 0.388. The number of sulfonamides is 1. The van der Waals surface area contributed by atoms with Gasteiger partial charge in [0.25, 0.3) is 5.69 Å². The lowest BCUT2D eigenvalue weighted by Crippen LogP contribution is -2.11. The van der Waals surface area contributed by atoms with Gasteiger partial charge < -0.3 is 0 Å². The molecular weight excluding hydrogens is 300 g/mol. The van der Waals surface area contributed by atoms with E-state index in [9.17, 15) is 18.5 Å². The first kappa shape index (κ1) is 15.1. The van der Waals surface area contributed by atoms with Gasteiger partial charge in [-0.3, -0.25) is 14.8 Å². The van der Waals surface area contributed by atoms with Gasteiger partial charge in [-0.25, -0.2) is 8.42 Å². The third-order valence-corrected chi connectivity index (χ3v) is 5.05. The molecule has 0 radical (unpaired) electrons. The average molecular weight is 316 g/mol. The van der Waals surface area contributed by atoms with Crippen molar-refractivity contribution in [2.24, 2.45) is 0 Å². The Kier molecular flexibility index (Phi) is 4.54. The van der Waals surface area contributed by atoms with Crippen LogP contribution in [0, 0.1) is 10.1 Å². The second kappa shape index (κ2) is 6.01. The van der Waals surface area contributed by atoms with Crippen LogP contribution in [0.4, 0.5) is 11.4 Å². The van der Waals surface area contributed by atoms with Crippen LogP contribution in [-0.2, 0) is 10.0 Å². The second-order valence-electron chi connectivity index (χ2n) is 4.84. The highest BCUT2D eigenvalue weighted by Gasteiger charge is 2.20. The number of nitrogens with zero attached hydrogens (tertiary/aromatic N) is 1. The zero-order valence-electron chi connectivity index (χ0n) is 11.0. The van der Waals surface area contributed by atoms with E-state index in [-0.39, 0.29) is 5.69 Å². The van der Waals surface area contributed by atoms with E-state index < -0.39 is 14.9 Å². The Morgan fingerprint density at radius 3 is 2.55 bits per heavy atom. The molecule has 0 heterocycles. The number of nitro groups is 1. The highest BCUT2D eigenvalue weighted by atomic mass is 32.2. The van der Waals surface area contributed by atoms with Gasteiger partial charge >= 0.3 is 0 Å². The van der Waals surface area contributed by atoms with E-state index >= 15 is 0 Å². The molecule has 0 bridgehead atoms. The van der Waals surface area contributed by atoms with E-state index in [1.165, 1.54) is 30.0 Å². The Morgan fingerprint density at radius 2 is 2.00 bits per heavy atom. The molecule has 1 fully saturated rings. The quantitative estimate of drug-likeness (QED) is 0.666. The highest BCUT2D eigenvalue weighted by molar-refractivity contribution is 8.00. The first-order chi connectivity index (χ1) is 9.35. The molecule has 1 aromatic carbocycles. The standard InChI is InChI=1S/C12H16N2O4S2/c1-20(17,18)13-11-7-6-9(14(15)16)8-12(11)19-10-4-2-3-5-10/h6-8,10,13H,2-5H2,1H3. The van der Waals surface area contributed by atoms with Crippen molar-refractivity contribution in [2.45, 2.75) is 35.8 Å². The first-order valence-electron chi connectivity index (χ1n) is 6.28. The van der Waals surface area contributed by atoms with Gasteiger partial charge in [-0.2, -0.15) is 0 Å². The van der Waals surface area contributed by atoms with Crippen LogP contribution in [0.3, 0.4) is 0 Å². The number of anilines is 1. The third-order valence-electron chi connectivity index (χ3n) is 3.07. The van der Waals surface area contributed by atoms with E-state index in [0.29, 0.717) is 15.8 Å². The maximum Gasteiger partial charge on any atom is 0.270 e. The van der Waals surface area contributed by atoms with Crippen molar-refractivity contribution in [1.29, 1.82) is 0 Å². The van der Waals surface area contributed by atoms with Crippen molar-refractivity contribution in [3.8, 4) is 0 Å². The summed E-state index contributed by atoms with van der Waals surface area (Å²) in [4.78, 5) is 11.0. The fraction of sp³-hybridized carbons (Fsp3) is 0.500. The van der Waals surface area contributed by atoms with E-state index in [0.717, 1.165) is 31.9 Å². The van der Waals surface area contributed by atoms with Crippen molar-refractivity contribution < 1.29 is 13.3 Å². The van der Waals surface area contributed by atoms with Crippen LogP contribution < -0.4 is 4.72 Å². The Balaban J connectivity index is 2.31. The molecule has 8 heteroatoms. The van der Waals surface area contributed by atoms with Crippen LogP contribution in [0.15, 0.2) is 23.1 Å². The lowest BCUT2D eigenvalue weighted by molar-refractivity contribution is -0.385. The SMILES string of the molecule is CS(=O)(=O)Nc1ccc([N+](=O)[O-])cc1SC1CCCC1. The Hall–Kier alpha value is -1.28. The van der Waals surface area contributed by atoms with Crippen LogP contribution in [-0.4, -0.2) is 24.8 Å². The molecular formula is C12H16N2O4S2. The summed E-state index contributed by atoms with van der Waals surface area (Å²) in [5.74, 6) is 0. The van der Waals surface area contributed by atoms with Gasteiger partial charge in [0.15, 0.2) is 0 Å². The molecule has 0 amide bonds. The lowest BCUT2D eigenvalue weighted by Gasteiger charge is -2.13. The number of rotatable bonds is 5. The molecule has 110 valence electrons. The van der Waals surface area contributed by atoms with Crippen molar-refractivity contribution in [1.82, 2.24) is 0 Å². The van der Waals surface area contributed by atoms with Gasteiger partial charge in [-0.05, 0) is 18.9 Å². The maximum atomic E-state index is 11.4. The Labute approximate surface area is 122 Å². The summed E-state index contributed by atoms with van der Waals surface area (Å²) in [7, 11) is -3.40. The average Bonchev–Trinajstić information content (AvgIpc) is 2.82. The van der Waals surface area contributed by atoms with Gasteiger partial charge in [0.2, 0.25) is 10.0 Å². The fourth-order valence-corrected chi connectivity index (χ4v) is 4.20. The van der Waals surface area contributed by atoms with Crippen LogP contribution in [0.5, 0.6) is 0 Å². The molecule has 2 rings (SSSR count). The smallest absolute Gasteiger partial charge is 0.270 e. The number of benzene rings is 1. The summed E-state index contributed by atoms with van der Waals surface area (Å²) in [6.07, 6.45) is 5.50. The van der Waals surface area contributed by atoms with Gasteiger partial charge in [-0.1, -0.05) is 12.8 Å². The van der Waals surface area contributed by atoms with Crippen molar-refractivity contribution in [3.63, 3.8) is 0 Å². The van der Waals surface area contributed by atoms with Crippen molar-refractivity contribution >= 4 is 33.2 Å². The van der Waals surface area contributed by atoms with Gasteiger partial charge in [0.05, 0.1) is 16.9 Å².